The Kier molecular flexibility index (Phi) is 6.76. The van der Waals surface area contributed by atoms with Crippen LogP contribution in [-0.2, 0) is 19.1 Å². The smallest absolute Gasteiger partial charge is 0.308 e. The van der Waals surface area contributed by atoms with Crippen LogP contribution in [0.1, 0.15) is 31.4 Å². The number of benzene rings is 2. The Balaban J connectivity index is 1.72. The number of esters is 1. The van der Waals surface area contributed by atoms with Crippen molar-refractivity contribution in [2.75, 3.05) is 18.1 Å². The lowest BCUT2D eigenvalue weighted by molar-refractivity contribution is -0.144. The highest BCUT2D eigenvalue weighted by molar-refractivity contribution is 6.00. The normalized spacial score (nSPS) is 17.0. The molecule has 1 fully saturated rings. The number of anilines is 1. The topological polar surface area (TPSA) is 75.7 Å². The van der Waals surface area contributed by atoms with E-state index in [9.17, 15) is 23.2 Å². The maximum atomic E-state index is 14.1. The molecule has 1 saturated heterocycles. The Labute approximate surface area is 172 Å². The maximum Gasteiger partial charge on any atom is 0.308 e. The van der Waals surface area contributed by atoms with Crippen molar-refractivity contribution in [1.29, 1.82) is 0 Å². The molecule has 0 bridgehead atoms. The van der Waals surface area contributed by atoms with E-state index >= 15 is 0 Å². The van der Waals surface area contributed by atoms with Crippen LogP contribution in [0.25, 0.3) is 0 Å². The van der Waals surface area contributed by atoms with Gasteiger partial charge in [-0.15, -0.1) is 0 Å². The minimum Gasteiger partial charge on any atom is -0.466 e. The first kappa shape index (κ1) is 21.4. The minimum atomic E-state index is -0.867. The van der Waals surface area contributed by atoms with Crippen molar-refractivity contribution < 1.29 is 27.9 Å². The summed E-state index contributed by atoms with van der Waals surface area (Å²) in [5, 5.41) is 2.81. The van der Waals surface area contributed by atoms with Gasteiger partial charge in [-0.3, -0.25) is 14.4 Å². The van der Waals surface area contributed by atoms with Gasteiger partial charge >= 0.3 is 5.97 Å². The fourth-order valence-corrected chi connectivity index (χ4v) is 3.43. The van der Waals surface area contributed by atoms with E-state index in [0.717, 1.165) is 16.5 Å². The van der Waals surface area contributed by atoms with Crippen molar-refractivity contribution in [3.63, 3.8) is 0 Å². The molecule has 0 radical (unpaired) electrons. The van der Waals surface area contributed by atoms with E-state index in [1.807, 2.05) is 6.07 Å². The van der Waals surface area contributed by atoms with Crippen LogP contribution in [0.4, 0.5) is 14.5 Å². The highest BCUT2D eigenvalue weighted by atomic mass is 19.1. The molecule has 1 N–H and O–H groups in total. The number of amides is 2. The summed E-state index contributed by atoms with van der Waals surface area (Å²) >= 11 is 0. The average molecular weight is 416 g/mol. The molecule has 0 saturated carbocycles. The van der Waals surface area contributed by atoms with Crippen molar-refractivity contribution in [2.45, 2.75) is 25.8 Å². The molecular formula is C22H22F2N2O4. The molecule has 2 atom stereocenters. The van der Waals surface area contributed by atoms with Gasteiger partial charge in [0.05, 0.1) is 30.7 Å². The number of rotatable bonds is 7. The summed E-state index contributed by atoms with van der Waals surface area (Å²) in [6.45, 7) is 1.89. The lowest BCUT2D eigenvalue weighted by Crippen LogP contribution is -2.36. The van der Waals surface area contributed by atoms with Crippen LogP contribution in [0.15, 0.2) is 48.5 Å². The van der Waals surface area contributed by atoms with Crippen molar-refractivity contribution in [2.24, 2.45) is 5.92 Å². The van der Waals surface area contributed by atoms with Crippen LogP contribution in [0.5, 0.6) is 0 Å². The van der Waals surface area contributed by atoms with E-state index in [0.29, 0.717) is 6.07 Å². The average Bonchev–Trinajstić information content (AvgIpc) is 3.10. The standard InChI is InChI=1S/C22H22F2N2O4/c1-2-30-21(28)12-18(14-6-4-3-5-7-14)25-22(29)15-10-20(27)26(13-15)19-9-8-16(23)11-17(19)24/h3-9,11,15,18H,2,10,12-13H2,1H3,(H,25,29). The van der Waals surface area contributed by atoms with E-state index in [1.165, 1.54) is 6.07 Å². The molecule has 3 rings (SSSR count). The van der Waals surface area contributed by atoms with E-state index < -0.39 is 41.4 Å². The second kappa shape index (κ2) is 9.47. The van der Waals surface area contributed by atoms with Crippen LogP contribution < -0.4 is 10.2 Å². The van der Waals surface area contributed by atoms with Crippen LogP contribution in [0.2, 0.25) is 0 Å². The number of hydrogen-bond donors (Lipinski definition) is 1. The van der Waals surface area contributed by atoms with Crippen molar-refractivity contribution in [3.05, 3.63) is 65.7 Å². The molecule has 8 heteroatoms. The van der Waals surface area contributed by atoms with Crippen molar-refractivity contribution in [3.8, 4) is 0 Å². The van der Waals surface area contributed by atoms with Gasteiger partial charge in [0.15, 0.2) is 0 Å². The Morgan fingerprint density at radius 2 is 1.93 bits per heavy atom. The molecule has 0 aromatic heterocycles. The quantitative estimate of drug-likeness (QED) is 0.704. The molecular weight excluding hydrogens is 394 g/mol. The van der Waals surface area contributed by atoms with E-state index in [4.69, 9.17) is 4.74 Å². The molecule has 6 nitrogen and oxygen atoms in total. The molecule has 2 aromatic rings. The predicted octanol–water partition coefficient (Wildman–Crippen LogP) is 3.13. The molecule has 2 aromatic carbocycles. The van der Waals surface area contributed by atoms with Crippen molar-refractivity contribution in [1.82, 2.24) is 5.32 Å². The molecule has 2 unspecified atom stereocenters. The highest BCUT2D eigenvalue weighted by Gasteiger charge is 2.37. The summed E-state index contributed by atoms with van der Waals surface area (Å²) in [4.78, 5) is 38.3. The van der Waals surface area contributed by atoms with Gasteiger partial charge in [-0.25, -0.2) is 8.78 Å². The number of halogens is 2. The lowest BCUT2D eigenvalue weighted by atomic mass is 10.0. The van der Waals surface area contributed by atoms with Gasteiger partial charge in [-0.05, 0) is 24.6 Å². The molecule has 0 spiro atoms. The Bertz CT molecular complexity index is 936. The molecule has 2 amide bonds. The van der Waals surface area contributed by atoms with Gasteiger partial charge in [0, 0.05) is 19.0 Å². The fourth-order valence-electron chi connectivity index (χ4n) is 3.43. The molecule has 0 aliphatic carbocycles. The number of ether oxygens (including phenoxy) is 1. The van der Waals surface area contributed by atoms with Crippen LogP contribution in [-0.4, -0.2) is 30.9 Å². The summed E-state index contributed by atoms with van der Waals surface area (Å²) in [5.74, 6) is -3.65. The molecule has 30 heavy (non-hydrogen) atoms. The monoisotopic (exact) mass is 416 g/mol. The van der Waals surface area contributed by atoms with Gasteiger partial charge in [0.25, 0.3) is 0 Å². The summed E-state index contributed by atoms with van der Waals surface area (Å²) in [6.07, 6.45) is -0.163. The van der Waals surface area contributed by atoms with E-state index in [2.05, 4.69) is 5.32 Å². The minimum absolute atomic E-state index is 0.0336. The van der Waals surface area contributed by atoms with Gasteiger partial charge in [0.2, 0.25) is 11.8 Å². The van der Waals surface area contributed by atoms with Crippen LogP contribution in [0, 0.1) is 17.6 Å². The number of nitrogens with one attached hydrogen (secondary N) is 1. The second-order valence-electron chi connectivity index (χ2n) is 6.98. The Hall–Kier alpha value is -3.29. The zero-order valence-corrected chi connectivity index (χ0v) is 16.4. The first-order chi connectivity index (χ1) is 14.4. The first-order valence-corrected chi connectivity index (χ1v) is 9.65. The zero-order chi connectivity index (χ0) is 21.7. The van der Waals surface area contributed by atoms with E-state index in [1.54, 1.807) is 31.2 Å². The van der Waals surface area contributed by atoms with Gasteiger partial charge in [-0.2, -0.15) is 0 Å². The predicted molar refractivity (Wildman–Crippen MR) is 105 cm³/mol. The molecule has 158 valence electrons. The van der Waals surface area contributed by atoms with Crippen LogP contribution in [0.3, 0.4) is 0 Å². The first-order valence-electron chi connectivity index (χ1n) is 9.65. The lowest BCUT2D eigenvalue weighted by Gasteiger charge is -2.21. The van der Waals surface area contributed by atoms with Crippen molar-refractivity contribution >= 4 is 23.5 Å². The number of carbonyl (C=O) groups is 3. The molecule has 1 heterocycles. The number of carbonyl (C=O) groups excluding carboxylic acids is 3. The third kappa shape index (κ3) is 5.00. The maximum absolute atomic E-state index is 14.1. The number of hydrogen-bond acceptors (Lipinski definition) is 4. The Morgan fingerprint density at radius 3 is 2.60 bits per heavy atom. The summed E-state index contributed by atoms with van der Waals surface area (Å²) in [5.41, 5.74) is 0.660. The van der Waals surface area contributed by atoms with Crippen LogP contribution >= 0.6 is 0 Å². The van der Waals surface area contributed by atoms with Gasteiger partial charge in [0.1, 0.15) is 11.6 Å². The zero-order valence-electron chi connectivity index (χ0n) is 16.4. The summed E-state index contributed by atoms with van der Waals surface area (Å²) in [7, 11) is 0. The summed E-state index contributed by atoms with van der Waals surface area (Å²) in [6, 6.07) is 11.3. The third-order valence-corrected chi connectivity index (χ3v) is 4.89. The third-order valence-electron chi connectivity index (χ3n) is 4.89. The fraction of sp³-hybridized carbons (Fsp3) is 0.318. The second-order valence-corrected chi connectivity index (χ2v) is 6.98. The van der Waals surface area contributed by atoms with Gasteiger partial charge in [-0.1, -0.05) is 30.3 Å². The van der Waals surface area contributed by atoms with Gasteiger partial charge < -0.3 is 15.0 Å². The largest absolute Gasteiger partial charge is 0.466 e. The molecule has 1 aliphatic rings. The number of nitrogens with zero attached hydrogens (tertiary/aromatic N) is 1. The SMILES string of the molecule is CCOC(=O)CC(NC(=O)C1CC(=O)N(c2ccc(F)cc2F)C1)c1ccccc1. The van der Waals surface area contributed by atoms with E-state index in [-0.39, 0.29) is 31.7 Å². The summed E-state index contributed by atoms with van der Waals surface area (Å²) < 4.78 is 32.2. The highest BCUT2D eigenvalue weighted by Crippen LogP contribution is 2.29. The molecule has 1 aliphatic heterocycles. The Morgan fingerprint density at radius 1 is 1.20 bits per heavy atom.